The van der Waals surface area contributed by atoms with E-state index in [4.69, 9.17) is 15.0 Å². The molecule has 0 N–H and O–H groups in total. The van der Waals surface area contributed by atoms with Crippen LogP contribution in [0.5, 0.6) is 0 Å². The molecule has 31 heavy (non-hydrogen) atoms. The van der Waals surface area contributed by atoms with Crippen molar-refractivity contribution in [2.24, 2.45) is 11.3 Å². The van der Waals surface area contributed by atoms with E-state index in [1.165, 1.54) is 17.5 Å². The molecule has 2 unspecified atom stereocenters. The van der Waals surface area contributed by atoms with E-state index in [0.29, 0.717) is 11.3 Å². The lowest BCUT2D eigenvalue weighted by Crippen LogP contribution is -2.48. The predicted molar refractivity (Wildman–Crippen MR) is 122 cm³/mol. The fourth-order valence-electron chi connectivity index (χ4n) is 5.25. The first-order valence-corrected chi connectivity index (χ1v) is 10.9. The van der Waals surface area contributed by atoms with Crippen molar-refractivity contribution < 1.29 is 0 Å². The molecule has 1 fully saturated rings. The summed E-state index contributed by atoms with van der Waals surface area (Å²) in [5.41, 5.74) is 8.54. The lowest BCUT2D eigenvalue weighted by Gasteiger charge is -2.57. The largest absolute Gasteiger partial charge is 0.255 e. The highest BCUT2D eigenvalue weighted by Crippen LogP contribution is 2.62. The number of nitrogens with zero attached hydrogens (tertiary/aromatic N) is 4. The fourth-order valence-corrected chi connectivity index (χ4v) is 5.25. The molecule has 7 rings (SSSR count). The lowest BCUT2D eigenvalue weighted by atomic mass is 9.47. The summed E-state index contributed by atoms with van der Waals surface area (Å²) >= 11 is 0. The Labute approximate surface area is 182 Å². The van der Waals surface area contributed by atoms with Crippen LogP contribution in [0.3, 0.4) is 0 Å². The van der Waals surface area contributed by atoms with Crippen LogP contribution in [-0.2, 0) is 6.42 Å². The summed E-state index contributed by atoms with van der Waals surface area (Å²) in [6.45, 7) is 4.81. The van der Waals surface area contributed by atoms with Gasteiger partial charge in [0.1, 0.15) is 0 Å². The first-order valence-electron chi connectivity index (χ1n) is 10.9. The van der Waals surface area contributed by atoms with Gasteiger partial charge in [-0.25, -0.2) is 9.97 Å². The number of hydrogen-bond acceptors (Lipinski definition) is 4. The van der Waals surface area contributed by atoms with Gasteiger partial charge >= 0.3 is 0 Å². The van der Waals surface area contributed by atoms with Gasteiger partial charge in [-0.2, -0.15) is 0 Å². The monoisotopic (exact) mass is 404 g/mol. The smallest absolute Gasteiger partial charge is 0.0894 e. The molecule has 4 heterocycles. The molecule has 2 atom stereocenters. The van der Waals surface area contributed by atoms with Gasteiger partial charge in [-0.1, -0.05) is 32.0 Å². The molecule has 4 aromatic rings. The maximum atomic E-state index is 4.91. The van der Waals surface area contributed by atoms with Gasteiger partial charge in [-0.15, -0.1) is 0 Å². The molecule has 0 aliphatic heterocycles. The van der Waals surface area contributed by atoms with E-state index in [1.54, 1.807) is 6.20 Å². The third-order valence-corrected chi connectivity index (χ3v) is 7.29. The Morgan fingerprint density at radius 3 is 2.03 bits per heavy atom. The Balaban J connectivity index is 1.35. The molecular weight excluding hydrogens is 380 g/mol. The van der Waals surface area contributed by atoms with Crippen molar-refractivity contribution in [2.45, 2.75) is 32.6 Å². The summed E-state index contributed by atoms with van der Waals surface area (Å²) in [7, 11) is 0. The van der Waals surface area contributed by atoms with Gasteiger partial charge in [-0.3, -0.25) is 9.97 Å². The fraction of sp³-hybridized carbons (Fsp3) is 0.259. The SMILES string of the molecule is CC1(C)C2Cc3cc(-c4cccc(-c5cccc(-c6ccccn6)n5)n4)ncc3C1C2. The quantitative estimate of drug-likeness (QED) is 0.423. The molecule has 3 aliphatic rings. The van der Waals surface area contributed by atoms with Crippen molar-refractivity contribution in [1.82, 2.24) is 19.9 Å². The number of aromatic nitrogens is 4. The lowest BCUT2D eigenvalue weighted by molar-refractivity contribution is 0.0183. The highest BCUT2D eigenvalue weighted by atomic mass is 14.8. The van der Waals surface area contributed by atoms with Crippen molar-refractivity contribution in [2.75, 3.05) is 0 Å². The molecule has 0 amide bonds. The van der Waals surface area contributed by atoms with Crippen LogP contribution in [0, 0.1) is 11.3 Å². The first kappa shape index (κ1) is 18.4. The highest BCUT2D eigenvalue weighted by molar-refractivity contribution is 5.65. The van der Waals surface area contributed by atoms with Crippen LogP contribution in [0.2, 0.25) is 0 Å². The Morgan fingerprint density at radius 1 is 0.742 bits per heavy atom. The van der Waals surface area contributed by atoms with Crippen LogP contribution in [-0.4, -0.2) is 19.9 Å². The molecule has 2 bridgehead atoms. The van der Waals surface area contributed by atoms with E-state index in [9.17, 15) is 0 Å². The van der Waals surface area contributed by atoms with Crippen molar-refractivity contribution in [3.8, 4) is 34.2 Å². The number of rotatable bonds is 3. The first-order chi connectivity index (χ1) is 15.1. The van der Waals surface area contributed by atoms with Crippen LogP contribution in [0.1, 0.15) is 37.3 Å². The summed E-state index contributed by atoms with van der Waals surface area (Å²) in [5.74, 6) is 1.44. The Hall–Kier alpha value is -3.40. The minimum Gasteiger partial charge on any atom is -0.255 e. The van der Waals surface area contributed by atoms with E-state index < -0.39 is 0 Å². The van der Waals surface area contributed by atoms with E-state index in [-0.39, 0.29) is 0 Å². The summed E-state index contributed by atoms with van der Waals surface area (Å²) in [5, 5.41) is 0. The maximum absolute atomic E-state index is 4.91. The molecule has 0 spiro atoms. The van der Waals surface area contributed by atoms with Crippen LogP contribution in [0.4, 0.5) is 0 Å². The van der Waals surface area contributed by atoms with Crippen molar-refractivity contribution in [3.63, 3.8) is 0 Å². The summed E-state index contributed by atoms with van der Waals surface area (Å²) in [6, 6.07) is 20.2. The highest BCUT2D eigenvalue weighted by Gasteiger charge is 2.52. The minimum atomic E-state index is 0.415. The molecule has 0 aromatic carbocycles. The number of pyridine rings is 4. The molecule has 4 heteroatoms. The van der Waals surface area contributed by atoms with Gasteiger partial charge in [0.25, 0.3) is 0 Å². The molecular formula is C27H24N4. The molecule has 1 saturated carbocycles. The van der Waals surface area contributed by atoms with Crippen molar-refractivity contribution in [3.05, 3.63) is 84.2 Å². The van der Waals surface area contributed by atoms with Crippen molar-refractivity contribution in [1.29, 1.82) is 0 Å². The van der Waals surface area contributed by atoms with E-state index in [0.717, 1.165) is 46.5 Å². The summed E-state index contributed by atoms with van der Waals surface area (Å²) < 4.78 is 0. The van der Waals surface area contributed by atoms with Gasteiger partial charge in [0.05, 0.1) is 34.2 Å². The average Bonchev–Trinajstić information content (AvgIpc) is 2.84. The summed E-state index contributed by atoms with van der Waals surface area (Å²) in [6.07, 6.45) is 6.35. The molecule has 0 radical (unpaired) electrons. The number of hydrogen-bond donors (Lipinski definition) is 0. The topological polar surface area (TPSA) is 51.6 Å². The van der Waals surface area contributed by atoms with Crippen molar-refractivity contribution >= 4 is 0 Å². The zero-order chi connectivity index (χ0) is 21.0. The van der Waals surface area contributed by atoms with Crippen LogP contribution in [0.15, 0.2) is 73.1 Å². The zero-order valence-electron chi connectivity index (χ0n) is 17.8. The standard InChI is InChI=1S/C27H24N4/c1-27(2)18-13-17-14-26(29-16-19(17)20(27)15-18)25-11-6-10-24(31-25)23-9-5-8-22(30-23)21-7-3-4-12-28-21/h3-12,14,16,18,20H,13,15H2,1-2H3. The Kier molecular flexibility index (Phi) is 4.04. The van der Waals surface area contributed by atoms with Gasteiger partial charge in [0, 0.05) is 12.4 Å². The maximum Gasteiger partial charge on any atom is 0.0894 e. The average molecular weight is 405 g/mol. The molecule has 4 nitrogen and oxygen atoms in total. The van der Waals surface area contributed by atoms with Gasteiger partial charge in [0.15, 0.2) is 0 Å². The van der Waals surface area contributed by atoms with Crippen LogP contribution < -0.4 is 0 Å². The molecule has 152 valence electrons. The summed E-state index contributed by atoms with van der Waals surface area (Å²) in [4.78, 5) is 18.9. The Morgan fingerprint density at radius 2 is 1.39 bits per heavy atom. The minimum absolute atomic E-state index is 0.415. The van der Waals surface area contributed by atoms with Gasteiger partial charge in [0.2, 0.25) is 0 Å². The van der Waals surface area contributed by atoms with E-state index in [2.05, 4.69) is 31.1 Å². The third-order valence-electron chi connectivity index (χ3n) is 7.29. The van der Waals surface area contributed by atoms with Gasteiger partial charge in [-0.05, 0) is 83.7 Å². The van der Waals surface area contributed by atoms with E-state index in [1.807, 2.05) is 54.6 Å². The second-order valence-electron chi connectivity index (χ2n) is 9.31. The van der Waals surface area contributed by atoms with Crippen LogP contribution in [0.25, 0.3) is 34.2 Å². The third kappa shape index (κ3) is 2.97. The predicted octanol–water partition coefficient (Wildman–Crippen LogP) is 5.95. The van der Waals surface area contributed by atoms with Crippen LogP contribution >= 0.6 is 0 Å². The zero-order valence-corrected chi connectivity index (χ0v) is 17.8. The van der Waals surface area contributed by atoms with Gasteiger partial charge < -0.3 is 0 Å². The normalized spacial score (nSPS) is 20.6. The van der Waals surface area contributed by atoms with E-state index >= 15 is 0 Å². The second-order valence-corrected chi connectivity index (χ2v) is 9.31. The molecule has 4 aromatic heterocycles. The molecule has 0 saturated heterocycles. The second kappa shape index (κ2) is 6.81. The Bertz CT molecular complexity index is 1280. The molecule has 3 aliphatic carbocycles.